The van der Waals surface area contributed by atoms with Crippen molar-refractivity contribution in [3.63, 3.8) is 0 Å². The summed E-state index contributed by atoms with van der Waals surface area (Å²) in [6.45, 7) is 6.06. The first-order chi connectivity index (χ1) is 26.1. The number of hydrogen-bond acceptors (Lipinski definition) is 8. The molecule has 54 heavy (non-hydrogen) atoms. The molecular formula is C42H44Cl2N6O4. The summed E-state index contributed by atoms with van der Waals surface area (Å²) in [5.74, 6) is 1.51. The molecule has 12 heteroatoms. The molecule has 5 heterocycles. The molecule has 280 valence electrons. The molecule has 2 N–H and O–H groups in total. The zero-order valence-corrected chi connectivity index (χ0v) is 32.3. The monoisotopic (exact) mass is 766 g/mol. The van der Waals surface area contributed by atoms with Crippen LogP contribution in [0.25, 0.3) is 33.6 Å². The third kappa shape index (κ3) is 6.02. The van der Waals surface area contributed by atoms with Gasteiger partial charge in [0.05, 0.1) is 35.7 Å². The first-order valence-corrected chi connectivity index (χ1v) is 19.7. The third-order valence-corrected chi connectivity index (χ3v) is 13.0. The van der Waals surface area contributed by atoms with E-state index in [1.807, 2.05) is 41.3 Å². The quantitative estimate of drug-likeness (QED) is 0.192. The van der Waals surface area contributed by atoms with Crippen LogP contribution in [0, 0.1) is 5.41 Å². The molecule has 9 rings (SSSR count). The molecule has 4 aromatic rings. The maximum Gasteiger partial charge on any atom is 0.220 e. The molecule has 3 fully saturated rings. The van der Waals surface area contributed by atoms with Gasteiger partial charge in [0, 0.05) is 103 Å². The maximum atomic E-state index is 11.8. The highest BCUT2D eigenvalue weighted by molar-refractivity contribution is 6.39. The molecule has 2 amide bonds. The number of hydrogen-bond donors (Lipinski definition) is 2. The van der Waals surface area contributed by atoms with Gasteiger partial charge in [-0.25, -0.2) is 9.97 Å². The van der Waals surface area contributed by atoms with E-state index in [0.717, 1.165) is 97.5 Å². The van der Waals surface area contributed by atoms with Gasteiger partial charge in [0.25, 0.3) is 0 Å². The molecule has 2 aliphatic carbocycles. The summed E-state index contributed by atoms with van der Waals surface area (Å²) >= 11 is 14.5. The molecule has 3 aliphatic heterocycles. The number of benzene rings is 2. The van der Waals surface area contributed by atoms with Crippen molar-refractivity contribution in [2.45, 2.75) is 63.6 Å². The SMILES string of the molecule is COc1nc(-c2cccc(-c3cccc(-c4cc5c(c(OC)n4)[C@H](NC[C@@H]4CCC(=O)N4)CC5)c3Cl)c2Cl)cc2c1[C@H](N1CC3(CN(C(C)=O)C3)C1)CC2. The number of nitrogens with zero attached hydrogens (tertiary/aromatic N) is 4. The summed E-state index contributed by atoms with van der Waals surface area (Å²) in [5.41, 5.74) is 9.64. The first kappa shape index (κ1) is 35.5. The minimum absolute atomic E-state index is 0.102. The highest BCUT2D eigenvalue weighted by Gasteiger charge is 2.55. The Morgan fingerprint density at radius 3 is 1.98 bits per heavy atom. The van der Waals surface area contributed by atoms with Crippen molar-refractivity contribution in [3.05, 3.63) is 80.8 Å². The molecule has 0 bridgehead atoms. The van der Waals surface area contributed by atoms with Gasteiger partial charge >= 0.3 is 0 Å². The van der Waals surface area contributed by atoms with Gasteiger partial charge in [-0.05, 0) is 55.4 Å². The van der Waals surface area contributed by atoms with Crippen molar-refractivity contribution in [2.75, 3.05) is 46.9 Å². The molecule has 0 unspecified atom stereocenters. The fraction of sp³-hybridized carbons (Fsp3) is 0.429. The van der Waals surface area contributed by atoms with Gasteiger partial charge in [0.1, 0.15) is 0 Å². The van der Waals surface area contributed by atoms with Crippen LogP contribution in [0.3, 0.4) is 0 Å². The number of carbonyl (C=O) groups excluding carboxylic acids is 2. The standard InChI is InChI=1S/C42H44Cl2N6O4/c1-23(51)49-19-42(20-49)21-50(22-42)34-14-11-25-17-33(48-41(54-3)37(25)34)30-9-5-7-28(39(30)44)27-6-4-8-29(38(27)43)32-16-24-10-13-31(36(24)40(47-32)53-2)45-18-26-12-15-35(52)46-26/h4-9,16-17,26,31,34,45H,10-15,18-22H2,1-3H3,(H,46,52)/t26-,31+,34+/m0/s1. The Hall–Kier alpha value is -4.22. The van der Waals surface area contributed by atoms with Crippen molar-refractivity contribution in [1.82, 2.24) is 30.4 Å². The van der Waals surface area contributed by atoms with E-state index in [2.05, 4.69) is 27.7 Å². The van der Waals surface area contributed by atoms with Crippen LogP contribution in [0.5, 0.6) is 11.8 Å². The number of aromatic nitrogens is 2. The lowest BCUT2D eigenvalue weighted by Gasteiger charge is -2.61. The van der Waals surface area contributed by atoms with Crippen LogP contribution in [-0.4, -0.2) is 84.6 Å². The van der Waals surface area contributed by atoms with Crippen LogP contribution in [0.2, 0.25) is 10.0 Å². The number of pyridine rings is 2. The third-order valence-electron chi connectivity index (χ3n) is 12.2. The summed E-state index contributed by atoms with van der Waals surface area (Å²) in [6.07, 6.45) is 5.20. The Morgan fingerprint density at radius 2 is 1.41 bits per heavy atom. The normalized spacial score (nSPS) is 22.4. The fourth-order valence-corrected chi connectivity index (χ4v) is 10.2. The van der Waals surface area contributed by atoms with E-state index < -0.39 is 0 Å². The minimum Gasteiger partial charge on any atom is -0.481 e. The Balaban J connectivity index is 0.980. The summed E-state index contributed by atoms with van der Waals surface area (Å²) in [4.78, 5) is 38.0. The van der Waals surface area contributed by atoms with E-state index in [-0.39, 0.29) is 35.4 Å². The second-order valence-electron chi connectivity index (χ2n) is 15.7. The summed E-state index contributed by atoms with van der Waals surface area (Å²) in [5, 5.41) is 7.81. The largest absolute Gasteiger partial charge is 0.481 e. The lowest BCUT2D eigenvalue weighted by molar-refractivity contribution is -0.161. The molecule has 2 aromatic heterocycles. The second-order valence-corrected chi connectivity index (χ2v) is 16.4. The number of fused-ring (bicyclic) bond motifs is 2. The van der Waals surface area contributed by atoms with Crippen molar-refractivity contribution >= 4 is 35.0 Å². The molecule has 1 spiro atoms. The zero-order chi connectivity index (χ0) is 37.3. The number of amides is 2. The maximum absolute atomic E-state index is 11.8. The zero-order valence-electron chi connectivity index (χ0n) is 30.8. The summed E-state index contributed by atoms with van der Waals surface area (Å²) in [7, 11) is 3.35. The fourth-order valence-electron chi connectivity index (χ4n) is 9.56. The van der Waals surface area contributed by atoms with Crippen LogP contribution < -0.4 is 20.1 Å². The number of ether oxygens (including phenoxy) is 2. The average molecular weight is 768 g/mol. The summed E-state index contributed by atoms with van der Waals surface area (Å²) < 4.78 is 11.8. The van der Waals surface area contributed by atoms with Crippen molar-refractivity contribution in [3.8, 4) is 45.4 Å². The van der Waals surface area contributed by atoms with Crippen molar-refractivity contribution in [1.29, 1.82) is 0 Å². The Labute approximate surface area is 325 Å². The van der Waals surface area contributed by atoms with E-state index in [4.69, 9.17) is 42.6 Å². The van der Waals surface area contributed by atoms with Crippen LogP contribution in [0.15, 0.2) is 48.5 Å². The van der Waals surface area contributed by atoms with Gasteiger partial charge in [-0.1, -0.05) is 59.6 Å². The molecule has 3 saturated heterocycles. The second kappa shape index (κ2) is 13.8. The lowest BCUT2D eigenvalue weighted by atomic mass is 9.72. The van der Waals surface area contributed by atoms with Gasteiger partial charge in [0.2, 0.25) is 23.6 Å². The smallest absolute Gasteiger partial charge is 0.220 e. The molecular weight excluding hydrogens is 723 g/mol. The minimum atomic E-state index is 0.102. The summed E-state index contributed by atoms with van der Waals surface area (Å²) in [6, 6.07) is 16.7. The molecule has 3 atom stereocenters. The van der Waals surface area contributed by atoms with Gasteiger partial charge in [-0.15, -0.1) is 0 Å². The number of carbonyl (C=O) groups is 2. The number of nitrogens with one attached hydrogen (secondary N) is 2. The van der Waals surface area contributed by atoms with Gasteiger partial charge in [-0.3, -0.25) is 14.5 Å². The van der Waals surface area contributed by atoms with E-state index in [1.165, 1.54) is 16.7 Å². The number of halogens is 2. The number of rotatable bonds is 9. The average Bonchev–Trinajstić information content (AvgIpc) is 3.87. The highest BCUT2D eigenvalue weighted by atomic mass is 35.5. The Bertz CT molecular complexity index is 2180. The van der Waals surface area contributed by atoms with E-state index >= 15 is 0 Å². The van der Waals surface area contributed by atoms with E-state index in [9.17, 15) is 9.59 Å². The first-order valence-electron chi connectivity index (χ1n) is 18.9. The van der Waals surface area contributed by atoms with Gasteiger partial charge in [0.15, 0.2) is 0 Å². The van der Waals surface area contributed by atoms with Gasteiger partial charge in [-0.2, -0.15) is 0 Å². The molecule has 2 aromatic carbocycles. The van der Waals surface area contributed by atoms with E-state index in [1.54, 1.807) is 21.1 Å². The Kier molecular flexibility index (Phi) is 9.08. The number of likely N-dealkylation sites (tertiary alicyclic amines) is 2. The van der Waals surface area contributed by atoms with Crippen molar-refractivity contribution in [2.24, 2.45) is 5.41 Å². The van der Waals surface area contributed by atoms with Crippen molar-refractivity contribution < 1.29 is 19.1 Å². The molecule has 10 nitrogen and oxygen atoms in total. The molecule has 0 saturated carbocycles. The highest BCUT2D eigenvalue weighted by Crippen LogP contribution is 2.51. The van der Waals surface area contributed by atoms with Crippen LogP contribution in [-0.2, 0) is 22.4 Å². The predicted octanol–water partition coefficient (Wildman–Crippen LogP) is 6.81. The Morgan fingerprint density at radius 1 is 0.833 bits per heavy atom. The predicted molar refractivity (Wildman–Crippen MR) is 209 cm³/mol. The molecule has 5 aliphatic rings. The van der Waals surface area contributed by atoms with Crippen LogP contribution >= 0.6 is 23.2 Å². The van der Waals surface area contributed by atoms with Crippen LogP contribution in [0.1, 0.15) is 66.9 Å². The number of aryl methyl sites for hydroxylation is 2. The number of methoxy groups -OCH3 is 2. The van der Waals surface area contributed by atoms with Gasteiger partial charge < -0.3 is 25.0 Å². The molecule has 0 radical (unpaired) electrons. The van der Waals surface area contributed by atoms with E-state index in [0.29, 0.717) is 34.8 Å². The topological polar surface area (TPSA) is 109 Å². The van der Waals surface area contributed by atoms with Crippen LogP contribution in [0.4, 0.5) is 0 Å². The lowest BCUT2D eigenvalue weighted by Crippen LogP contribution is -2.72.